The van der Waals surface area contributed by atoms with E-state index in [1.165, 1.54) is 0 Å². The fourth-order valence-corrected chi connectivity index (χ4v) is 1.87. The van der Waals surface area contributed by atoms with E-state index in [0.29, 0.717) is 24.7 Å². The third-order valence-electron chi connectivity index (χ3n) is 3.69. The average molecular weight is 396 g/mol. The van der Waals surface area contributed by atoms with Crippen LogP contribution < -0.4 is 20.5 Å². The summed E-state index contributed by atoms with van der Waals surface area (Å²) in [5.41, 5.74) is 6.69. The molecule has 3 N–H and O–H groups in total. The monoisotopic (exact) mass is 395 g/mol. The Hall–Kier alpha value is -1.21. The van der Waals surface area contributed by atoms with Gasteiger partial charge in [-0.25, -0.2) is 0 Å². The lowest BCUT2D eigenvalue weighted by molar-refractivity contribution is -0.125. The molecule has 6 nitrogen and oxygen atoms in total. The number of ether oxygens (including phenoxy) is 2. The van der Waals surface area contributed by atoms with Gasteiger partial charge in [0.15, 0.2) is 11.5 Å². The molecule has 0 saturated heterocycles. The fourth-order valence-electron chi connectivity index (χ4n) is 1.87. The summed E-state index contributed by atoms with van der Waals surface area (Å²) < 4.78 is 11.1. The number of hydrogen-bond donors (Lipinski definition) is 2. The van der Waals surface area contributed by atoms with E-state index in [9.17, 15) is 4.79 Å². The Morgan fingerprint density at radius 3 is 2.40 bits per heavy atom. The van der Waals surface area contributed by atoms with Crippen molar-refractivity contribution in [3.05, 3.63) is 23.8 Å². The lowest BCUT2D eigenvalue weighted by Crippen LogP contribution is -2.38. The van der Waals surface area contributed by atoms with Crippen molar-refractivity contribution < 1.29 is 14.3 Å². The fraction of sp³-hybridized carbons (Fsp3) is 0.588. The Morgan fingerprint density at radius 2 is 1.88 bits per heavy atom. The van der Waals surface area contributed by atoms with E-state index in [4.69, 9.17) is 15.2 Å². The van der Waals surface area contributed by atoms with Crippen LogP contribution in [0.3, 0.4) is 0 Å². The number of halogens is 2. The van der Waals surface area contributed by atoms with Gasteiger partial charge in [-0.3, -0.25) is 4.79 Å². The van der Waals surface area contributed by atoms with Crippen LogP contribution in [0.15, 0.2) is 18.2 Å². The Kier molecular flexibility index (Phi) is 13.6. The Balaban J connectivity index is 0. The molecule has 0 radical (unpaired) electrons. The largest absolute Gasteiger partial charge is 0.493 e. The minimum atomic E-state index is -0.217. The summed E-state index contributed by atoms with van der Waals surface area (Å²) in [6.07, 6.45) is 0. The molecule has 0 aliphatic rings. The van der Waals surface area contributed by atoms with Gasteiger partial charge in [0.2, 0.25) is 5.91 Å². The van der Waals surface area contributed by atoms with Gasteiger partial charge in [-0.05, 0) is 38.7 Å². The highest BCUT2D eigenvalue weighted by molar-refractivity contribution is 5.85. The van der Waals surface area contributed by atoms with Crippen molar-refractivity contribution in [2.24, 2.45) is 11.7 Å². The summed E-state index contributed by atoms with van der Waals surface area (Å²) in [6, 6.07) is 5.49. The smallest absolute Gasteiger partial charge is 0.224 e. The Labute approximate surface area is 163 Å². The van der Waals surface area contributed by atoms with Crippen molar-refractivity contribution >= 4 is 30.7 Å². The molecule has 0 aliphatic heterocycles. The first-order chi connectivity index (χ1) is 10.8. The standard InChI is InChI=1S/C17H29N3O3.2ClH/c1-12(13(2)18)17(21)19-11-14-6-7-15(16(10-14)22-5)23-9-8-20(3)4;;/h6-7,10,12-13H,8-9,11,18H2,1-5H3,(H,19,21);2*1H. The zero-order valence-corrected chi connectivity index (χ0v) is 17.2. The number of hydrogen-bond acceptors (Lipinski definition) is 5. The molecule has 1 aromatic rings. The van der Waals surface area contributed by atoms with Crippen LogP contribution in [0.1, 0.15) is 19.4 Å². The van der Waals surface area contributed by atoms with Gasteiger partial charge in [0.1, 0.15) is 6.61 Å². The first-order valence-corrected chi connectivity index (χ1v) is 7.83. The van der Waals surface area contributed by atoms with Gasteiger partial charge in [0, 0.05) is 25.0 Å². The highest BCUT2D eigenvalue weighted by atomic mass is 35.5. The predicted molar refractivity (Wildman–Crippen MR) is 106 cm³/mol. The number of rotatable bonds is 9. The number of nitrogens with one attached hydrogen (secondary N) is 1. The third kappa shape index (κ3) is 9.16. The molecule has 0 heterocycles. The lowest BCUT2D eigenvalue weighted by Gasteiger charge is -2.16. The third-order valence-corrected chi connectivity index (χ3v) is 3.69. The van der Waals surface area contributed by atoms with Gasteiger partial charge in [-0.1, -0.05) is 13.0 Å². The van der Waals surface area contributed by atoms with Gasteiger partial charge in [-0.15, -0.1) is 24.8 Å². The molecular formula is C17H31Cl2N3O3. The minimum absolute atomic E-state index is 0. The zero-order chi connectivity index (χ0) is 17.4. The lowest BCUT2D eigenvalue weighted by atomic mass is 10.0. The van der Waals surface area contributed by atoms with E-state index in [0.717, 1.165) is 12.1 Å². The van der Waals surface area contributed by atoms with Crippen LogP contribution in [0.2, 0.25) is 0 Å². The Morgan fingerprint density at radius 1 is 1.24 bits per heavy atom. The van der Waals surface area contributed by atoms with Crippen molar-refractivity contribution in [1.29, 1.82) is 0 Å². The molecule has 8 heteroatoms. The molecular weight excluding hydrogens is 365 g/mol. The van der Waals surface area contributed by atoms with E-state index in [-0.39, 0.29) is 42.7 Å². The number of nitrogens with zero attached hydrogens (tertiary/aromatic N) is 1. The number of benzene rings is 1. The second kappa shape index (κ2) is 13.1. The first-order valence-electron chi connectivity index (χ1n) is 7.83. The Bertz CT molecular complexity index is 514. The van der Waals surface area contributed by atoms with Crippen molar-refractivity contribution in [3.8, 4) is 11.5 Å². The maximum absolute atomic E-state index is 11.9. The summed E-state index contributed by atoms with van der Waals surface area (Å²) in [7, 11) is 5.60. The molecule has 2 unspecified atom stereocenters. The highest BCUT2D eigenvalue weighted by Gasteiger charge is 2.16. The van der Waals surface area contributed by atoms with E-state index >= 15 is 0 Å². The maximum Gasteiger partial charge on any atom is 0.224 e. The molecule has 0 aromatic heterocycles. The molecule has 146 valence electrons. The maximum atomic E-state index is 11.9. The molecule has 1 rings (SSSR count). The van der Waals surface area contributed by atoms with Crippen molar-refractivity contribution in [1.82, 2.24) is 10.2 Å². The van der Waals surface area contributed by atoms with Crippen LogP contribution in [0, 0.1) is 5.92 Å². The van der Waals surface area contributed by atoms with Crippen molar-refractivity contribution in [3.63, 3.8) is 0 Å². The molecule has 0 fully saturated rings. The first kappa shape index (κ1) is 26.0. The molecule has 0 saturated carbocycles. The molecule has 0 spiro atoms. The summed E-state index contributed by atoms with van der Waals surface area (Å²) in [6.45, 7) is 5.50. The van der Waals surface area contributed by atoms with Gasteiger partial charge in [0.05, 0.1) is 7.11 Å². The second-order valence-corrected chi connectivity index (χ2v) is 6.00. The molecule has 2 atom stereocenters. The summed E-state index contributed by atoms with van der Waals surface area (Å²) >= 11 is 0. The number of likely N-dealkylation sites (N-methyl/N-ethyl adjacent to an activating group) is 1. The van der Waals surface area contributed by atoms with E-state index in [2.05, 4.69) is 10.2 Å². The number of carbonyl (C=O) groups is 1. The molecule has 25 heavy (non-hydrogen) atoms. The van der Waals surface area contributed by atoms with E-state index < -0.39 is 0 Å². The summed E-state index contributed by atoms with van der Waals surface area (Å²) in [5, 5.41) is 2.89. The van der Waals surface area contributed by atoms with Crippen molar-refractivity contribution in [2.75, 3.05) is 34.4 Å². The van der Waals surface area contributed by atoms with Crippen LogP contribution in [0.4, 0.5) is 0 Å². The van der Waals surface area contributed by atoms with E-state index in [1.807, 2.05) is 46.1 Å². The van der Waals surface area contributed by atoms with Gasteiger partial charge in [0.25, 0.3) is 0 Å². The normalized spacial score (nSPS) is 12.4. The number of carbonyl (C=O) groups excluding carboxylic acids is 1. The van der Waals surface area contributed by atoms with Crippen LogP contribution in [-0.2, 0) is 11.3 Å². The van der Waals surface area contributed by atoms with Crippen molar-refractivity contribution in [2.45, 2.75) is 26.4 Å². The number of amides is 1. The average Bonchev–Trinajstić information content (AvgIpc) is 2.52. The SMILES string of the molecule is COc1cc(CNC(=O)C(C)C(C)N)ccc1OCCN(C)C.Cl.Cl. The summed E-state index contributed by atoms with van der Waals surface area (Å²) in [5.74, 6) is 1.10. The molecule has 1 aromatic carbocycles. The van der Waals surface area contributed by atoms with Gasteiger partial charge < -0.3 is 25.4 Å². The second-order valence-electron chi connectivity index (χ2n) is 6.00. The predicted octanol–water partition coefficient (Wildman–Crippen LogP) is 2.08. The topological polar surface area (TPSA) is 76.8 Å². The van der Waals surface area contributed by atoms with Crippen LogP contribution in [0.25, 0.3) is 0 Å². The zero-order valence-electron chi connectivity index (χ0n) is 15.6. The molecule has 0 bridgehead atoms. The highest BCUT2D eigenvalue weighted by Crippen LogP contribution is 2.28. The summed E-state index contributed by atoms with van der Waals surface area (Å²) in [4.78, 5) is 14.0. The van der Waals surface area contributed by atoms with Gasteiger partial charge >= 0.3 is 0 Å². The van der Waals surface area contributed by atoms with Crippen LogP contribution in [-0.4, -0.2) is 51.2 Å². The van der Waals surface area contributed by atoms with Crippen LogP contribution in [0.5, 0.6) is 11.5 Å². The van der Waals surface area contributed by atoms with E-state index in [1.54, 1.807) is 7.11 Å². The van der Waals surface area contributed by atoms with Crippen LogP contribution >= 0.6 is 24.8 Å². The minimum Gasteiger partial charge on any atom is -0.493 e. The number of nitrogens with two attached hydrogens (primary N) is 1. The number of methoxy groups -OCH3 is 1. The quantitative estimate of drug-likeness (QED) is 0.669. The molecule has 1 amide bonds. The molecule has 0 aliphatic carbocycles. The van der Waals surface area contributed by atoms with Gasteiger partial charge in [-0.2, -0.15) is 0 Å².